The highest BCUT2D eigenvalue weighted by Gasteiger charge is 2.74. The monoisotopic (exact) mass is 269 g/mol. The molecule has 0 aromatic carbocycles. The van der Waals surface area contributed by atoms with Gasteiger partial charge in [-0.1, -0.05) is 0 Å². The van der Waals surface area contributed by atoms with Crippen LogP contribution in [0.1, 0.15) is 36.1 Å². The van der Waals surface area contributed by atoms with E-state index >= 15 is 0 Å². The molecule has 1 atom stereocenters. The van der Waals surface area contributed by atoms with Crippen molar-refractivity contribution in [3.63, 3.8) is 0 Å². The van der Waals surface area contributed by atoms with Gasteiger partial charge in [-0.3, -0.25) is 9.59 Å². The Labute approximate surface area is 116 Å². The molecule has 0 radical (unpaired) electrons. The van der Waals surface area contributed by atoms with Gasteiger partial charge in [0.1, 0.15) is 11.6 Å². The molecule has 1 aromatic rings. The van der Waals surface area contributed by atoms with Gasteiger partial charge in [0, 0.05) is 11.7 Å². The maximum absolute atomic E-state index is 12.1. The molecule has 0 saturated heterocycles. The summed E-state index contributed by atoms with van der Waals surface area (Å²) in [7, 11) is 0. The highest BCUT2D eigenvalue weighted by Crippen LogP contribution is 2.75. The molecule has 20 heavy (non-hydrogen) atoms. The van der Waals surface area contributed by atoms with Crippen molar-refractivity contribution in [2.75, 3.05) is 0 Å². The normalized spacial score (nSPS) is 32.5. The third kappa shape index (κ3) is 1.61. The molecule has 2 fully saturated rings. The van der Waals surface area contributed by atoms with Gasteiger partial charge in [-0.2, -0.15) is 5.26 Å². The average molecular weight is 269 g/mol. The van der Waals surface area contributed by atoms with Crippen molar-refractivity contribution >= 4 is 5.91 Å². The second-order valence-corrected chi connectivity index (χ2v) is 6.30. The molecule has 0 aliphatic heterocycles. The third-order valence-corrected chi connectivity index (χ3v) is 5.01. The first-order valence-electron chi connectivity index (χ1n) is 7.08. The molecular formula is C15H15N3O2. The molecule has 5 heteroatoms. The Balaban J connectivity index is 1.52. The number of nitriles is 1. The topological polar surface area (TPSA) is 85.8 Å². The number of hydrogen-bond acceptors (Lipinski definition) is 3. The van der Waals surface area contributed by atoms with E-state index in [4.69, 9.17) is 5.26 Å². The highest BCUT2D eigenvalue weighted by atomic mass is 16.2. The largest absolute Gasteiger partial charge is 0.353 e. The van der Waals surface area contributed by atoms with E-state index in [1.165, 1.54) is 0 Å². The molecule has 3 aliphatic rings. The predicted octanol–water partition coefficient (Wildman–Crippen LogP) is 0.630. The number of aromatic nitrogens is 1. The zero-order valence-electron chi connectivity index (χ0n) is 11.0. The van der Waals surface area contributed by atoms with E-state index in [1.807, 2.05) is 6.07 Å². The first kappa shape index (κ1) is 11.7. The Morgan fingerprint density at radius 2 is 2.25 bits per heavy atom. The zero-order chi connectivity index (χ0) is 13.9. The molecule has 3 aliphatic carbocycles. The molecule has 4 rings (SSSR count). The molecule has 2 saturated carbocycles. The quantitative estimate of drug-likeness (QED) is 0.825. The van der Waals surface area contributed by atoms with E-state index in [0.29, 0.717) is 12.3 Å². The second-order valence-electron chi connectivity index (χ2n) is 6.30. The van der Waals surface area contributed by atoms with Crippen molar-refractivity contribution < 1.29 is 4.79 Å². The van der Waals surface area contributed by atoms with Crippen LogP contribution in [0.4, 0.5) is 0 Å². The molecule has 1 heterocycles. The summed E-state index contributed by atoms with van der Waals surface area (Å²) >= 11 is 0. The Hall–Kier alpha value is -2.09. The maximum atomic E-state index is 12.1. The van der Waals surface area contributed by atoms with E-state index in [0.717, 1.165) is 36.9 Å². The van der Waals surface area contributed by atoms with Crippen LogP contribution in [0.15, 0.2) is 10.9 Å². The summed E-state index contributed by atoms with van der Waals surface area (Å²) in [5.41, 5.74) is 1.74. The smallest absolute Gasteiger partial charge is 0.266 e. The number of fused-ring (bicyclic) bond motifs is 2. The number of pyridine rings is 1. The van der Waals surface area contributed by atoms with Crippen molar-refractivity contribution in [2.45, 2.75) is 38.1 Å². The predicted molar refractivity (Wildman–Crippen MR) is 70.9 cm³/mol. The summed E-state index contributed by atoms with van der Waals surface area (Å²) < 4.78 is 0. The summed E-state index contributed by atoms with van der Waals surface area (Å²) in [6.07, 6.45) is 4.42. The number of carbonyl (C=O) groups excluding carboxylic acids is 1. The fourth-order valence-electron chi connectivity index (χ4n) is 3.31. The van der Waals surface area contributed by atoms with Crippen LogP contribution in [-0.4, -0.2) is 16.9 Å². The molecule has 1 unspecified atom stereocenters. The molecule has 5 nitrogen and oxygen atoms in total. The van der Waals surface area contributed by atoms with E-state index in [1.54, 1.807) is 6.07 Å². The minimum absolute atomic E-state index is 0.00307. The van der Waals surface area contributed by atoms with Gasteiger partial charge in [-0.25, -0.2) is 0 Å². The summed E-state index contributed by atoms with van der Waals surface area (Å²) in [6, 6.07) is 3.71. The van der Waals surface area contributed by atoms with Crippen molar-refractivity contribution in [1.29, 1.82) is 5.26 Å². The van der Waals surface area contributed by atoms with Crippen molar-refractivity contribution in [3.8, 4) is 6.07 Å². The van der Waals surface area contributed by atoms with E-state index in [2.05, 4.69) is 10.3 Å². The van der Waals surface area contributed by atoms with Crippen molar-refractivity contribution in [3.05, 3.63) is 33.2 Å². The number of rotatable bonds is 2. The standard InChI is InChI=1S/C15H15N3O2/c16-7-9-3-8-4-11(1-2-12(8)18-13(9)19)17-14(20)15-5-10(15)6-15/h3,10-11H,1-2,4-6H2,(H,17,20)(H,18,19). The Morgan fingerprint density at radius 1 is 1.50 bits per heavy atom. The van der Waals surface area contributed by atoms with Gasteiger partial charge < -0.3 is 10.3 Å². The third-order valence-electron chi connectivity index (χ3n) is 5.01. The number of aromatic amines is 1. The summed E-state index contributed by atoms with van der Waals surface area (Å²) in [5.74, 6) is 0.862. The molecule has 1 amide bonds. The van der Waals surface area contributed by atoms with Gasteiger partial charge in [-0.15, -0.1) is 0 Å². The van der Waals surface area contributed by atoms with Gasteiger partial charge in [0.25, 0.3) is 5.56 Å². The average Bonchev–Trinajstić information content (AvgIpc) is 3.27. The number of aryl methyl sites for hydroxylation is 1. The van der Waals surface area contributed by atoms with E-state index < -0.39 is 0 Å². The first-order valence-corrected chi connectivity index (χ1v) is 7.08. The SMILES string of the molecule is N#Cc1cc2c([nH]c1=O)CCC(NC(=O)C13CC1C3)C2. The van der Waals surface area contributed by atoms with Gasteiger partial charge >= 0.3 is 0 Å². The zero-order valence-corrected chi connectivity index (χ0v) is 11.0. The minimum Gasteiger partial charge on any atom is -0.353 e. The van der Waals surface area contributed by atoms with Crippen molar-refractivity contribution in [2.24, 2.45) is 11.3 Å². The molecular weight excluding hydrogens is 254 g/mol. The first-order chi connectivity index (χ1) is 9.62. The summed E-state index contributed by atoms with van der Waals surface area (Å²) in [6.45, 7) is 0. The molecule has 1 aromatic heterocycles. The number of hydrogen-bond donors (Lipinski definition) is 2. The van der Waals surface area contributed by atoms with Gasteiger partial charge in [0.2, 0.25) is 5.91 Å². The summed E-state index contributed by atoms with van der Waals surface area (Å²) in [4.78, 5) is 26.5. The Morgan fingerprint density at radius 3 is 2.90 bits per heavy atom. The summed E-state index contributed by atoms with van der Waals surface area (Å²) in [5, 5.41) is 12.1. The molecule has 0 bridgehead atoms. The number of carbonyl (C=O) groups is 1. The van der Waals surface area contributed by atoms with Gasteiger partial charge in [0.15, 0.2) is 0 Å². The number of amides is 1. The second kappa shape index (κ2) is 3.72. The minimum atomic E-state index is -0.313. The van der Waals surface area contributed by atoms with Crippen LogP contribution in [0.5, 0.6) is 0 Å². The van der Waals surface area contributed by atoms with Crippen LogP contribution in [0.25, 0.3) is 0 Å². The van der Waals surface area contributed by atoms with E-state index in [9.17, 15) is 9.59 Å². The maximum Gasteiger partial charge on any atom is 0.266 e. The van der Waals surface area contributed by atoms with Crippen LogP contribution in [0.2, 0.25) is 0 Å². The number of nitrogens with one attached hydrogen (secondary N) is 2. The number of nitrogens with zero attached hydrogens (tertiary/aromatic N) is 1. The lowest BCUT2D eigenvalue weighted by molar-refractivity contribution is -0.125. The van der Waals surface area contributed by atoms with Crippen LogP contribution >= 0.6 is 0 Å². The Bertz CT molecular complexity index is 707. The van der Waals surface area contributed by atoms with Crippen LogP contribution in [0.3, 0.4) is 0 Å². The lowest BCUT2D eigenvalue weighted by Gasteiger charge is -2.25. The molecule has 2 N–H and O–H groups in total. The molecule has 102 valence electrons. The van der Waals surface area contributed by atoms with Crippen molar-refractivity contribution in [1.82, 2.24) is 10.3 Å². The van der Waals surface area contributed by atoms with Crippen LogP contribution in [-0.2, 0) is 17.6 Å². The van der Waals surface area contributed by atoms with E-state index in [-0.39, 0.29) is 28.5 Å². The Kier molecular flexibility index (Phi) is 2.18. The van der Waals surface area contributed by atoms with Crippen LogP contribution < -0.4 is 10.9 Å². The fraction of sp³-hybridized carbons (Fsp3) is 0.533. The molecule has 0 spiro atoms. The highest BCUT2D eigenvalue weighted by molar-refractivity contribution is 5.90. The van der Waals surface area contributed by atoms with Gasteiger partial charge in [0.05, 0.1) is 5.41 Å². The lowest BCUT2D eigenvalue weighted by atomic mass is 9.90. The van der Waals surface area contributed by atoms with Gasteiger partial charge in [-0.05, 0) is 49.7 Å². The number of H-pyrrole nitrogens is 1. The van der Waals surface area contributed by atoms with Crippen LogP contribution in [0, 0.1) is 22.7 Å². The lowest BCUT2D eigenvalue weighted by Crippen LogP contribution is -2.41. The fourth-order valence-corrected chi connectivity index (χ4v) is 3.31.